The van der Waals surface area contributed by atoms with E-state index in [4.69, 9.17) is 10.8 Å². The van der Waals surface area contributed by atoms with Crippen molar-refractivity contribution in [2.75, 3.05) is 5.73 Å². The van der Waals surface area contributed by atoms with E-state index >= 15 is 0 Å². The van der Waals surface area contributed by atoms with Crippen molar-refractivity contribution in [3.63, 3.8) is 0 Å². The topological polar surface area (TPSA) is 109 Å². The number of benzene rings is 1. The number of aliphatic carboxylic acids is 1. The predicted molar refractivity (Wildman–Crippen MR) is 72.1 cm³/mol. The van der Waals surface area contributed by atoms with Gasteiger partial charge < -0.3 is 10.8 Å². The highest BCUT2D eigenvalue weighted by molar-refractivity contribution is 7.89. The van der Waals surface area contributed by atoms with Crippen molar-refractivity contribution < 1.29 is 18.3 Å². The number of sulfonamides is 1. The second-order valence-corrected chi connectivity index (χ2v) is 6.36. The third-order valence-electron chi connectivity index (χ3n) is 2.51. The number of carboxylic acid groups (broad SMARTS) is 1. The lowest BCUT2D eigenvalue weighted by Gasteiger charge is -2.17. The van der Waals surface area contributed by atoms with E-state index in [2.05, 4.69) is 4.72 Å². The number of carbonyl (C=O) groups is 1. The van der Waals surface area contributed by atoms with Crippen molar-refractivity contribution in [2.45, 2.75) is 31.2 Å². The second kappa shape index (κ2) is 6.03. The van der Waals surface area contributed by atoms with Gasteiger partial charge in [-0.1, -0.05) is 26.0 Å². The molecule has 0 spiro atoms. The summed E-state index contributed by atoms with van der Waals surface area (Å²) in [5.74, 6) is -1.15. The first-order valence-corrected chi connectivity index (χ1v) is 7.32. The number of nitrogens with two attached hydrogens (primary N) is 1. The third kappa shape index (κ3) is 4.22. The van der Waals surface area contributed by atoms with Crippen LogP contribution in [0.4, 0.5) is 5.69 Å². The first kappa shape index (κ1) is 15.5. The molecule has 0 amide bonds. The van der Waals surface area contributed by atoms with Gasteiger partial charge in [-0.25, -0.2) is 8.42 Å². The molecule has 1 rings (SSSR count). The summed E-state index contributed by atoms with van der Waals surface area (Å²) >= 11 is 0. The van der Waals surface area contributed by atoms with Crippen molar-refractivity contribution in [3.8, 4) is 0 Å². The van der Waals surface area contributed by atoms with Gasteiger partial charge in [0.05, 0.1) is 5.69 Å². The summed E-state index contributed by atoms with van der Waals surface area (Å²) in [5.41, 5.74) is 5.68. The molecule has 0 saturated carbocycles. The molecule has 0 aromatic heterocycles. The Morgan fingerprint density at radius 1 is 1.37 bits per heavy atom. The molecule has 1 atom stereocenters. The van der Waals surface area contributed by atoms with Crippen LogP contribution in [0, 0.1) is 5.92 Å². The molecule has 1 unspecified atom stereocenters. The van der Waals surface area contributed by atoms with Gasteiger partial charge in [0.25, 0.3) is 0 Å². The molecule has 0 aliphatic carbocycles. The van der Waals surface area contributed by atoms with Crippen molar-refractivity contribution in [3.05, 3.63) is 24.3 Å². The Labute approximate surface area is 112 Å². The number of hydrogen-bond donors (Lipinski definition) is 3. The molecular formula is C12H18N2O4S. The monoisotopic (exact) mass is 286 g/mol. The molecule has 106 valence electrons. The Morgan fingerprint density at radius 2 is 1.95 bits per heavy atom. The van der Waals surface area contributed by atoms with Crippen LogP contribution >= 0.6 is 0 Å². The van der Waals surface area contributed by atoms with Gasteiger partial charge in [0.1, 0.15) is 10.9 Å². The van der Waals surface area contributed by atoms with Crippen LogP contribution in [-0.4, -0.2) is 25.5 Å². The lowest BCUT2D eigenvalue weighted by atomic mass is 10.1. The Morgan fingerprint density at radius 3 is 2.42 bits per heavy atom. The van der Waals surface area contributed by atoms with Crippen molar-refractivity contribution >= 4 is 21.7 Å². The van der Waals surface area contributed by atoms with E-state index in [1.54, 1.807) is 6.07 Å². The number of nitrogen functional groups attached to an aromatic ring is 1. The summed E-state index contributed by atoms with van der Waals surface area (Å²) < 4.78 is 26.4. The normalized spacial score (nSPS) is 13.4. The maximum atomic E-state index is 12.1. The first-order chi connectivity index (χ1) is 8.74. The number of anilines is 1. The summed E-state index contributed by atoms with van der Waals surface area (Å²) in [4.78, 5) is 11.0. The zero-order valence-corrected chi connectivity index (χ0v) is 11.6. The fourth-order valence-electron chi connectivity index (χ4n) is 1.65. The van der Waals surface area contributed by atoms with Crippen LogP contribution in [0.2, 0.25) is 0 Å². The van der Waals surface area contributed by atoms with E-state index in [1.165, 1.54) is 18.2 Å². The Kier molecular flexibility index (Phi) is 4.90. The third-order valence-corrected chi connectivity index (χ3v) is 4.06. The fraction of sp³-hybridized carbons (Fsp3) is 0.417. The lowest BCUT2D eigenvalue weighted by Crippen LogP contribution is -2.41. The molecule has 0 radical (unpaired) electrons. The first-order valence-electron chi connectivity index (χ1n) is 5.83. The fourth-order valence-corrected chi connectivity index (χ4v) is 2.98. The summed E-state index contributed by atoms with van der Waals surface area (Å²) in [6.07, 6.45) is 0.210. The molecule has 0 aliphatic rings. The number of rotatable bonds is 6. The summed E-state index contributed by atoms with van der Waals surface area (Å²) in [6, 6.07) is 4.77. The largest absolute Gasteiger partial charge is 0.480 e. The van der Waals surface area contributed by atoms with Crippen LogP contribution in [-0.2, 0) is 14.8 Å². The standard InChI is InChI=1S/C12H18N2O4S/c1-8(2)7-10(12(15)16)14-19(17,18)11-6-4-3-5-9(11)13/h3-6,8,10,14H,7,13H2,1-2H3,(H,15,16). The zero-order valence-electron chi connectivity index (χ0n) is 10.8. The quantitative estimate of drug-likeness (QED) is 0.677. The SMILES string of the molecule is CC(C)CC(NS(=O)(=O)c1ccccc1N)C(=O)O. The molecule has 0 aliphatic heterocycles. The Bertz CT molecular complexity index is 555. The van der Waals surface area contributed by atoms with Crippen LogP contribution < -0.4 is 10.5 Å². The highest BCUT2D eigenvalue weighted by Gasteiger charge is 2.27. The molecule has 0 heterocycles. The molecule has 6 nitrogen and oxygen atoms in total. The van der Waals surface area contributed by atoms with Gasteiger partial charge in [0.15, 0.2) is 0 Å². The summed E-state index contributed by atoms with van der Waals surface area (Å²) in [6.45, 7) is 3.64. The highest BCUT2D eigenvalue weighted by Crippen LogP contribution is 2.18. The average molecular weight is 286 g/mol. The number of nitrogens with one attached hydrogen (secondary N) is 1. The van der Waals surface area contributed by atoms with E-state index in [-0.39, 0.29) is 22.9 Å². The van der Waals surface area contributed by atoms with E-state index in [1.807, 2.05) is 13.8 Å². The molecule has 1 aromatic carbocycles. The maximum absolute atomic E-state index is 12.1. The van der Waals surface area contributed by atoms with Gasteiger partial charge in [0, 0.05) is 0 Å². The summed E-state index contributed by atoms with van der Waals surface area (Å²) in [7, 11) is -3.94. The van der Waals surface area contributed by atoms with Gasteiger partial charge in [0.2, 0.25) is 10.0 Å². The minimum absolute atomic E-state index is 0.0527. The molecule has 0 bridgehead atoms. The van der Waals surface area contributed by atoms with E-state index in [0.717, 1.165) is 0 Å². The highest BCUT2D eigenvalue weighted by atomic mass is 32.2. The molecule has 19 heavy (non-hydrogen) atoms. The second-order valence-electron chi connectivity index (χ2n) is 4.68. The van der Waals surface area contributed by atoms with Gasteiger partial charge in [-0.15, -0.1) is 0 Å². The zero-order chi connectivity index (χ0) is 14.6. The number of para-hydroxylation sites is 1. The van der Waals surface area contributed by atoms with E-state index < -0.39 is 22.0 Å². The Balaban J connectivity index is 3.01. The minimum atomic E-state index is -3.94. The molecular weight excluding hydrogens is 268 g/mol. The lowest BCUT2D eigenvalue weighted by molar-refractivity contribution is -0.139. The number of hydrogen-bond acceptors (Lipinski definition) is 4. The maximum Gasteiger partial charge on any atom is 0.321 e. The van der Waals surface area contributed by atoms with Gasteiger partial charge in [-0.05, 0) is 24.5 Å². The van der Waals surface area contributed by atoms with Gasteiger partial charge >= 0.3 is 5.97 Å². The minimum Gasteiger partial charge on any atom is -0.480 e. The van der Waals surface area contributed by atoms with Crippen LogP contribution in [0.5, 0.6) is 0 Å². The van der Waals surface area contributed by atoms with Crippen LogP contribution in [0.15, 0.2) is 29.2 Å². The molecule has 4 N–H and O–H groups in total. The predicted octanol–water partition coefficient (Wildman–Crippen LogP) is 1.05. The van der Waals surface area contributed by atoms with E-state index in [9.17, 15) is 13.2 Å². The van der Waals surface area contributed by atoms with Crippen molar-refractivity contribution in [1.29, 1.82) is 0 Å². The molecule has 0 fully saturated rings. The van der Waals surface area contributed by atoms with Gasteiger partial charge in [-0.2, -0.15) is 4.72 Å². The van der Waals surface area contributed by atoms with Crippen LogP contribution in [0.3, 0.4) is 0 Å². The van der Waals surface area contributed by atoms with Crippen LogP contribution in [0.1, 0.15) is 20.3 Å². The smallest absolute Gasteiger partial charge is 0.321 e. The Hall–Kier alpha value is -1.60. The molecule has 0 saturated heterocycles. The van der Waals surface area contributed by atoms with Gasteiger partial charge in [-0.3, -0.25) is 4.79 Å². The van der Waals surface area contributed by atoms with E-state index in [0.29, 0.717) is 0 Å². The summed E-state index contributed by atoms with van der Waals surface area (Å²) in [5, 5.41) is 9.04. The van der Waals surface area contributed by atoms with Crippen LogP contribution in [0.25, 0.3) is 0 Å². The average Bonchev–Trinajstić information content (AvgIpc) is 2.27. The molecule has 1 aromatic rings. The molecule has 7 heteroatoms. The number of carboxylic acids is 1. The van der Waals surface area contributed by atoms with Crippen molar-refractivity contribution in [2.24, 2.45) is 5.92 Å². The van der Waals surface area contributed by atoms with Crippen molar-refractivity contribution in [1.82, 2.24) is 4.72 Å².